The number of aliphatic imine (C=N–C) groups is 1. The van der Waals surface area contributed by atoms with Crippen LogP contribution in [0.15, 0.2) is 17.1 Å². The van der Waals surface area contributed by atoms with E-state index in [1.54, 1.807) is 7.11 Å². The van der Waals surface area contributed by atoms with Gasteiger partial charge in [0, 0.05) is 37.7 Å². The average molecular weight is 507 g/mol. The Labute approximate surface area is 185 Å². The largest absolute Gasteiger partial charge is 0.494 e. The summed E-state index contributed by atoms with van der Waals surface area (Å²) < 4.78 is 22.1. The molecule has 1 aromatic carbocycles. The normalized spacial score (nSPS) is 15.4. The quantitative estimate of drug-likeness (QED) is 0.208. The minimum atomic E-state index is 0. The van der Waals surface area contributed by atoms with E-state index in [-0.39, 0.29) is 30.1 Å². The average Bonchev–Trinajstić information content (AvgIpc) is 3.01. The smallest absolute Gasteiger partial charge is 0.191 e. The van der Waals surface area contributed by atoms with E-state index in [2.05, 4.69) is 34.7 Å². The Morgan fingerprint density at radius 2 is 2.04 bits per heavy atom. The zero-order valence-electron chi connectivity index (χ0n) is 17.4. The summed E-state index contributed by atoms with van der Waals surface area (Å²) in [6, 6.07) is 4.15. The van der Waals surface area contributed by atoms with Crippen LogP contribution in [0.1, 0.15) is 31.9 Å². The molecule has 1 aromatic rings. The van der Waals surface area contributed by atoms with Crippen LogP contribution in [0.25, 0.3) is 0 Å². The lowest BCUT2D eigenvalue weighted by atomic mass is 10.1. The van der Waals surface area contributed by atoms with Crippen molar-refractivity contribution in [2.24, 2.45) is 4.99 Å². The maximum atomic E-state index is 5.88. The predicted octanol–water partition coefficient (Wildman–Crippen LogP) is 2.74. The molecule has 0 aromatic heterocycles. The summed E-state index contributed by atoms with van der Waals surface area (Å²) in [7, 11) is 1.67. The van der Waals surface area contributed by atoms with Gasteiger partial charge in [-0.25, -0.2) is 4.99 Å². The molecule has 0 amide bonds. The highest BCUT2D eigenvalue weighted by Gasteiger charge is 2.21. The fourth-order valence-corrected chi connectivity index (χ4v) is 2.89. The number of halogens is 1. The predicted molar refractivity (Wildman–Crippen MR) is 122 cm³/mol. The van der Waals surface area contributed by atoms with Gasteiger partial charge in [0.1, 0.15) is 17.6 Å². The van der Waals surface area contributed by atoms with Gasteiger partial charge in [0.25, 0.3) is 0 Å². The summed E-state index contributed by atoms with van der Waals surface area (Å²) in [5.74, 6) is 2.59. The van der Waals surface area contributed by atoms with Gasteiger partial charge in [0.05, 0.1) is 33.0 Å². The summed E-state index contributed by atoms with van der Waals surface area (Å²) in [5.41, 5.74) is 2.23. The van der Waals surface area contributed by atoms with Gasteiger partial charge in [-0.05, 0) is 32.9 Å². The Morgan fingerprint density at radius 3 is 2.75 bits per heavy atom. The Kier molecular flexibility index (Phi) is 12.2. The van der Waals surface area contributed by atoms with E-state index < -0.39 is 0 Å². The molecule has 1 aliphatic heterocycles. The molecule has 0 saturated carbocycles. The number of ether oxygens (including phenoxy) is 4. The van der Waals surface area contributed by atoms with Gasteiger partial charge in [0.2, 0.25) is 0 Å². The molecule has 2 rings (SSSR count). The molecule has 0 spiro atoms. The van der Waals surface area contributed by atoms with Crippen LogP contribution in [0, 0.1) is 0 Å². The fourth-order valence-electron chi connectivity index (χ4n) is 2.89. The monoisotopic (exact) mass is 507 g/mol. The lowest BCUT2D eigenvalue weighted by molar-refractivity contribution is 0.0733. The number of rotatable bonds is 11. The number of hydrogen-bond acceptors (Lipinski definition) is 5. The first-order valence-corrected chi connectivity index (χ1v) is 9.72. The molecular formula is C20H34IN3O4. The minimum absolute atomic E-state index is 0. The number of nitrogens with zero attached hydrogens (tertiary/aromatic N) is 1. The van der Waals surface area contributed by atoms with Crippen molar-refractivity contribution in [3.63, 3.8) is 0 Å². The second-order valence-corrected chi connectivity index (χ2v) is 6.36. The minimum Gasteiger partial charge on any atom is -0.494 e. The van der Waals surface area contributed by atoms with Crippen LogP contribution in [-0.4, -0.2) is 58.7 Å². The van der Waals surface area contributed by atoms with Crippen LogP contribution in [0.2, 0.25) is 0 Å². The van der Waals surface area contributed by atoms with E-state index in [0.29, 0.717) is 39.5 Å². The molecule has 0 radical (unpaired) electrons. The van der Waals surface area contributed by atoms with Gasteiger partial charge in [-0.3, -0.25) is 0 Å². The molecule has 7 nitrogen and oxygen atoms in total. The van der Waals surface area contributed by atoms with Crippen molar-refractivity contribution in [2.45, 2.75) is 39.8 Å². The molecule has 160 valence electrons. The van der Waals surface area contributed by atoms with Gasteiger partial charge in [-0.15, -0.1) is 24.0 Å². The first-order chi connectivity index (χ1) is 13.2. The van der Waals surface area contributed by atoms with Crippen molar-refractivity contribution < 1.29 is 18.9 Å². The second kappa shape index (κ2) is 13.8. The molecule has 28 heavy (non-hydrogen) atoms. The van der Waals surface area contributed by atoms with Crippen LogP contribution < -0.4 is 20.1 Å². The molecule has 1 atom stereocenters. The molecular weight excluding hydrogens is 473 g/mol. The summed E-state index contributed by atoms with van der Waals surface area (Å²) >= 11 is 0. The molecule has 0 fully saturated rings. The van der Waals surface area contributed by atoms with Crippen LogP contribution in [-0.2, 0) is 22.4 Å². The second-order valence-electron chi connectivity index (χ2n) is 6.36. The number of hydrogen-bond donors (Lipinski definition) is 2. The third-order valence-electron chi connectivity index (χ3n) is 4.10. The lowest BCUT2D eigenvalue weighted by Crippen LogP contribution is -2.39. The molecule has 0 aliphatic carbocycles. The van der Waals surface area contributed by atoms with Gasteiger partial charge in [0.15, 0.2) is 5.96 Å². The van der Waals surface area contributed by atoms with Crippen LogP contribution in [0.3, 0.4) is 0 Å². The Bertz CT molecular complexity index is 613. The van der Waals surface area contributed by atoms with E-state index in [9.17, 15) is 0 Å². The van der Waals surface area contributed by atoms with Crippen LogP contribution in [0.4, 0.5) is 0 Å². The standard InChI is InChI=1S/C20H33N3O4.HI/c1-5-21-20(22-7-8-25-10-9-24-4)23-14-17-13-19-16(11-15(3)27-19)12-18(17)26-6-2;/h12-13,15H,5-11,14H2,1-4H3,(H2,21,22,23);1H. The van der Waals surface area contributed by atoms with Crippen molar-refractivity contribution in [1.82, 2.24) is 10.6 Å². The Morgan fingerprint density at radius 1 is 1.21 bits per heavy atom. The lowest BCUT2D eigenvalue weighted by Gasteiger charge is -2.14. The van der Waals surface area contributed by atoms with E-state index >= 15 is 0 Å². The summed E-state index contributed by atoms with van der Waals surface area (Å²) in [6.07, 6.45) is 1.14. The topological polar surface area (TPSA) is 73.3 Å². The zero-order valence-corrected chi connectivity index (χ0v) is 19.7. The van der Waals surface area contributed by atoms with Crippen molar-refractivity contribution in [1.29, 1.82) is 0 Å². The van der Waals surface area contributed by atoms with E-state index in [1.807, 2.05) is 13.8 Å². The number of guanidine groups is 1. The molecule has 1 unspecified atom stereocenters. The third kappa shape index (κ3) is 8.00. The number of benzene rings is 1. The SMILES string of the molecule is CCNC(=NCc1cc2c(cc1OCC)CC(C)O2)NCCOCCOC.I. The van der Waals surface area contributed by atoms with E-state index in [4.69, 9.17) is 18.9 Å². The molecule has 0 saturated heterocycles. The first-order valence-electron chi connectivity index (χ1n) is 9.72. The first kappa shape index (κ1) is 24.8. The maximum absolute atomic E-state index is 5.88. The van der Waals surface area contributed by atoms with Crippen molar-refractivity contribution >= 4 is 29.9 Å². The third-order valence-corrected chi connectivity index (χ3v) is 4.10. The van der Waals surface area contributed by atoms with Crippen molar-refractivity contribution in [3.05, 3.63) is 23.3 Å². The Hall–Kier alpha value is -1.26. The molecule has 8 heteroatoms. The number of methoxy groups -OCH3 is 1. The highest BCUT2D eigenvalue weighted by atomic mass is 127. The van der Waals surface area contributed by atoms with Crippen molar-refractivity contribution in [3.8, 4) is 11.5 Å². The van der Waals surface area contributed by atoms with E-state index in [0.717, 1.165) is 36.0 Å². The maximum Gasteiger partial charge on any atom is 0.191 e. The van der Waals surface area contributed by atoms with Crippen LogP contribution in [0.5, 0.6) is 11.5 Å². The molecule has 1 heterocycles. The fraction of sp³-hybridized carbons (Fsp3) is 0.650. The summed E-state index contributed by atoms with van der Waals surface area (Å²) in [4.78, 5) is 4.68. The number of fused-ring (bicyclic) bond motifs is 1. The summed E-state index contributed by atoms with van der Waals surface area (Å²) in [5, 5.41) is 6.53. The van der Waals surface area contributed by atoms with Gasteiger partial charge in [-0.1, -0.05) is 0 Å². The Balaban J connectivity index is 0.00000392. The highest BCUT2D eigenvalue weighted by Crippen LogP contribution is 2.35. The zero-order chi connectivity index (χ0) is 19.5. The molecule has 1 aliphatic rings. The number of nitrogens with one attached hydrogen (secondary N) is 2. The van der Waals surface area contributed by atoms with Crippen LogP contribution >= 0.6 is 24.0 Å². The highest BCUT2D eigenvalue weighted by molar-refractivity contribution is 14.0. The van der Waals surface area contributed by atoms with Gasteiger partial charge in [-0.2, -0.15) is 0 Å². The summed E-state index contributed by atoms with van der Waals surface area (Å²) in [6.45, 7) is 10.5. The van der Waals surface area contributed by atoms with E-state index in [1.165, 1.54) is 5.56 Å². The van der Waals surface area contributed by atoms with Crippen molar-refractivity contribution in [2.75, 3.05) is 46.6 Å². The molecule has 0 bridgehead atoms. The van der Waals surface area contributed by atoms with Gasteiger partial charge >= 0.3 is 0 Å². The van der Waals surface area contributed by atoms with Gasteiger partial charge < -0.3 is 29.6 Å². The molecule has 2 N–H and O–H groups in total.